The summed E-state index contributed by atoms with van der Waals surface area (Å²) in [5, 5.41) is 21.1. The lowest BCUT2D eigenvalue weighted by Crippen LogP contribution is -2.55. The van der Waals surface area contributed by atoms with E-state index in [4.69, 9.17) is 0 Å². The van der Waals surface area contributed by atoms with Gasteiger partial charge in [-0.15, -0.1) is 0 Å². The van der Waals surface area contributed by atoms with Gasteiger partial charge in [0.05, 0.1) is 11.7 Å². The summed E-state index contributed by atoms with van der Waals surface area (Å²) in [6.07, 6.45) is 16.6. The highest BCUT2D eigenvalue weighted by Crippen LogP contribution is 2.68. The molecule has 0 amide bonds. The average molecular weight is 417 g/mol. The summed E-state index contributed by atoms with van der Waals surface area (Å²) in [5.41, 5.74) is 0.595. The molecule has 5 aliphatic carbocycles. The zero-order valence-corrected chi connectivity index (χ0v) is 20.2. The van der Waals surface area contributed by atoms with Crippen LogP contribution in [0.2, 0.25) is 0 Å². The zero-order valence-electron chi connectivity index (χ0n) is 20.2. The van der Waals surface area contributed by atoms with E-state index in [-0.39, 0.29) is 6.10 Å². The standard InChI is InChI=1S/C28H48O2/c1-18(5-12-25(29)19-6-7-19)22-10-11-23-21-9-8-20-17-26(2,30)15-16-27(20,3)24(21)13-14-28(22,23)4/h18-25,29-30H,5-17H2,1-4H3/t18-,20+,21?,22-,23+,24+,25?,26+,27+,28-/m1/s1. The van der Waals surface area contributed by atoms with Crippen molar-refractivity contribution in [2.45, 2.75) is 123 Å². The largest absolute Gasteiger partial charge is 0.393 e. The number of fused-ring (bicyclic) bond motifs is 5. The van der Waals surface area contributed by atoms with Crippen LogP contribution in [0.25, 0.3) is 0 Å². The number of aliphatic hydroxyl groups is 2. The lowest BCUT2D eigenvalue weighted by Gasteiger charge is -2.62. The fourth-order valence-electron chi connectivity index (χ4n) is 9.76. The molecule has 0 bridgehead atoms. The minimum absolute atomic E-state index is 0.0214. The van der Waals surface area contributed by atoms with Gasteiger partial charge in [-0.2, -0.15) is 0 Å². The summed E-state index contributed by atoms with van der Waals surface area (Å²) < 4.78 is 0. The first-order valence-electron chi connectivity index (χ1n) is 13.5. The predicted molar refractivity (Wildman–Crippen MR) is 123 cm³/mol. The third-order valence-electron chi connectivity index (χ3n) is 11.8. The van der Waals surface area contributed by atoms with Crippen molar-refractivity contribution in [3.8, 4) is 0 Å². The molecule has 5 rings (SSSR count). The summed E-state index contributed by atoms with van der Waals surface area (Å²) in [6.45, 7) is 9.87. The first-order valence-corrected chi connectivity index (χ1v) is 13.5. The minimum atomic E-state index is -0.418. The molecule has 0 aromatic heterocycles. The Hall–Kier alpha value is -0.0800. The molecule has 5 fully saturated rings. The smallest absolute Gasteiger partial charge is 0.0622 e. The molecule has 0 spiro atoms. The van der Waals surface area contributed by atoms with Crippen LogP contribution in [-0.4, -0.2) is 21.9 Å². The van der Waals surface area contributed by atoms with Gasteiger partial charge >= 0.3 is 0 Å². The van der Waals surface area contributed by atoms with Crippen LogP contribution in [0.3, 0.4) is 0 Å². The molecule has 5 saturated carbocycles. The van der Waals surface area contributed by atoms with E-state index in [0.29, 0.717) is 16.7 Å². The van der Waals surface area contributed by atoms with Crippen LogP contribution in [-0.2, 0) is 0 Å². The summed E-state index contributed by atoms with van der Waals surface area (Å²) in [6, 6.07) is 0. The summed E-state index contributed by atoms with van der Waals surface area (Å²) >= 11 is 0. The molecule has 0 aromatic rings. The molecule has 2 nitrogen and oxygen atoms in total. The number of rotatable bonds is 5. The van der Waals surface area contributed by atoms with Gasteiger partial charge in [0.25, 0.3) is 0 Å². The molecule has 5 aliphatic rings. The first kappa shape index (κ1) is 21.7. The van der Waals surface area contributed by atoms with Gasteiger partial charge in [0.1, 0.15) is 0 Å². The maximum Gasteiger partial charge on any atom is 0.0622 e. The van der Waals surface area contributed by atoms with Gasteiger partial charge in [0, 0.05) is 0 Å². The van der Waals surface area contributed by atoms with Gasteiger partial charge in [-0.1, -0.05) is 20.8 Å². The molecule has 172 valence electrons. The van der Waals surface area contributed by atoms with Crippen LogP contribution in [0.4, 0.5) is 0 Å². The molecule has 0 radical (unpaired) electrons. The van der Waals surface area contributed by atoms with Crippen molar-refractivity contribution in [3.63, 3.8) is 0 Å². The van der Waals surface area contributed by atoms with Gasteiger partial charge in [-0.25, -0.2) is 0 Å². The van der Waals surface area contributed by atoms with Gasteiger partial charge in [0.15, 0.2) is 0 Å². The molecule has 0 saturated heterocycles. The monoisotopic (exact) mass is 416 g/mol. The Morgan fingerprint density at radius 2 is 1.53 bits per heavy atom. The fourth-order valence-corrected chi connectivity index (χ4v) is 9.76. The normalized spacial score (nSPS) is 52.8. The van der Waals surface area contributed by atoms with E-state index in [2.05, 4.69) is 27.7 Å². The van der Waals surface area contributed by atoms with E-state index >= 15 is 0 Å². The van der Waals surface area contributed by atoms with Crippen LogP contribution >= 0.6 is 0 Å². The highest BCUT2D eigenvalue weighted by Gasteiger charge is 2.61. The topological polar surface area (TPSA) is 40.5 Å². The molecule has 2 heteroatoms. The Morgan fingerprint density at radius 3 is 2.27 bits per heavy atom. The molecular weight excluding hydrogens is 368 g/mol. The van der Waals surface area contributed by atoms with E-state index in [1.54, 1.807) is 0 Å². The van der Waals surface area contributed by atoms with Crippen molar-refractivity contribution < 1.29 is 10.2 Å². The van der Waals surface area contributed by atoms with Crippen LogP contribution in [0.15, 0.2) is 0 Å². The van der Waals surface area contributed by atoms with Gasteiger partial charge in [0.2, 0.25) is 0 Å². The van der Waals surface area contributed by atoms with Gasteiger partial charge < -0.3 is 10.2 Å². The fraction of sp³-hybridized carbons (Fsp3) is 1.00. The van der Waals surface area contributed by atoms with Crippen molar-refractivity contribution in [1.82, 2.24) is 0 Å². The van der Waals surface area contributed by atoms with Crippen LogP contribution < -0.4 is 0 Å². The van der Waals surface area contributed by atoms with E-state index in [1.807, 2.05) is 0 Å². The van der Waals surface area contributed by atoms with E-state index in [1.165, 1.54) is 64.2 Å². The van der Waals surface area contributed by atoms with Crippen molar-refractivity contribution in [2.75, 3.05) is 0 Å². The Labute approximate surface area is 185 Å². The number of aliphatic hydroxyl groups excluding tert-OH is 1. The van der Waals surface area contributed by atoms with Crippen molar-refractivity contribution in [1.29, 1.82) is 0 Å². The Balaban J connectivity index is 1.28. The average Bonchev–Trinajstić information content (AvgIpc) is 3.48. The first-order chi connectivity index (χ1) is 14.1. The molecule has 10 atom stereocenters. The van der Waals surface area contributed by atoms with E-state index in [9.17, 15) is 10.2 Å². The highest BCUT2D eigenvalue weighted by atomic mass is 16.3. The van der Waals surface area contributed by atoms with Crippen molar-refractivity contribution >= 4 is 0 Å². The molecule has 30 heavy (non-hydrogen) atoms. The molecule has 0 aliphatic heterocycles. The van der Waals surface area contributed by atoms with Gasteiger partial charge in [-0.05, 0) is 143 Å². The molecular formula is C28H48O2. The lowest BCUT2D eigenvalue weighted by atomic mass is 9.43. The highest BCUT2D eigenvalue weighted by molar-refractivity contribution is 5.10. The second-order valence-electron chi connectivity index (χ2n) is 13.5. The summed E-state index contributed by atoms with van der Waals surface area (Å²) in [4.78, 5) is 0. The number of hydrogen-bond donors (Lipinski definition) is 2. The summed E-state index contributed by atoms with van der Waals surface area (Å²) in [7, 11) is 0. The Bertz CT molecular complexity index is 639. The minimum Gasteiger partial charge on any atom is -0.393 e. The zero-order chi connectivity index (χ0) is 21.3. The van der Waals surface area contributed by atoms with Crippen LogP contribution in [0.5, 0.6) is 0 Å². The Kier molecular flexibility index (Phi) is 5.42. The maximum atomic E-state index is 10.7. The quantitative estimate of drug-likeness (QED) is 0.531. The SMILES string of the molecule is C[C@H](CCC(O)C1CC1)[C@H]1CC[C@H]2C3CC[C@H]4C[C@@](C)(O)CC[C@]4(C)[C@H]3CC[C@]12C. The van der Waals surface area contributed by atoms with Crippen LogP contribution in [0.1, 0.15) is 111 Å². The van der Waals surface area contributed by atoms with E-state index < -0.39 is 5.60 Å². The maximum absolute atomic E-state index is 10.7. The molecule has 0 heterocycles. The van der Waals surface area contributed by atoms with Crippen LogP contribution in [0, 0.1) is 52.3 Å². The Morgan fingerprint density at radius 1 is 0.800 bits per heavy atom. The van der Waals surface area contributed by atoms with Gasteiger partial charge in [-0.3, -0.25) is 0 Å². The third-order valence-corrected chi connectivity index (χ3v) is 11.8. The third kappa shape index (κ3) is 3.51. The predicted octanol–water partition coefficient (Wildman–Crippen LogP) is 6.58. The van der Waals surface area contributed by atoms with Crippen molar-refractivity contribution in [2.24, 2.45) is 52.3 Å². The lowest BCUT2D eigenvalue weighted by molar-refractivity contribution is -0.148. The number of hydrogen-bond acceptors (Lipinski definition) is 2. The van der Waals surface area contributed by atoms with Crippen molar-refractivity contribution in [3.05, 3.63) is 0 Å². The summed E-state index contributed by atoms with van der Waals surface area (Å²) in [5.74, 6) is 5.77. The second-order valence-corrected chi connectivity index (χ2v) is 13.5. The molecule has 2 unspecified atom stereocenters. The molecule has 2 N–H and O–H groups in total. The second kappa shape index (κ2) is 7.47. The molecule has 0 aromatic carbocycles. The van der Waals surface area contributed by atoms with E-state index in [0.717, 1.165) is 54.8 Å².